The predicted octanol–water partition coefficient (Wildman–Crippen LogP) is 2.89. The minimum absolute atomic E-state index is 0.145. The average molecular weight is 453 g/mol. The minimum Gasteiger partial charge on any atom is -0.351 e. The molecular weight excluding hydrogens is 429 g/mol. The van der Waals surface area contributed by atoms with E-state index >= 15 is 0 Å². The number of hydroxylamine groups is 1. The van der Waals surface area contributed by atoms with E-state index in [1.54, 1.807) is 36.7 Å². The van der Waals surface area contributed by atoms with Gasteiger partial charge in [-0.2, -0.15) is 0 Å². The third-order valence-electron chi connectivity index (χ3n) is 4.74. The zero-order valence-electron chi connectivity index (χ0n) is 17.8. The summed E-state index contributed by atoms with van der Waals surface area (Å²) in [6, 6.07) is 16.2. The number of nitrogens with one attached hydrogen (secondary N) is 4. The minimum atomic E-state index is -1.26. The smallest absolute Gasteiger partial charge is 0.276 e. The number of amidine groups is 1. The number of ether oxygens (including phenoxy) is 1. The van der Waals surface area contributed by atoms with Gasteiger partial charge in [0.25, 0.3) is 11.5 Å². The van der Waals surface area contributed by atoms with Gasteiger partial charge in [-0.3, -0.25) is 30.3 Å². The number of para-hydroxylation sites is 1. The van der Waals surface area contributed by atoms with Gasteiger partial charge < -0.3 is 15.4 Å². The number of aromatic nitrogens is 1. The maximum Gasteiger partial charge on any atom is 0.276 e. The SMILES string of the molecule is CCO[C@@H](C(=O)NCc1ccc(C(=N)NO)cc1F)n1cccc(Nc2ccccc2)c1=O. The van der Waals surface area contributed by atoms with Gasteiger partial charge in [0, 0.05) is 36.2 Å². The molecule has 1 amide bonds. The van der Waals surface area contributed by atoms with Crippen molar-refractivity contribution in [2.24, 2.45) is 0 Å². The van der Waals surface area contributed by atoms with Crippen molar-refractivity contribution in [1.29, 1.82) is 5.41 Å². The van der Waals surface area contributed by atoms with Gasteiger partial charge >= 0.3 is 0 Å². The van der Waals surface area contributed by atoms with E-state index in [2.05, 4.69) is 10.6 Å². The molecule has 5 N–H and O–H groups in total. The highest BCUT2D eigenvalue weighted by Crippen LogP contribution is 2.15. The number of hydrogen-bond donors (Lipinski definition) is 5. The van der Waals surface area contributed by atoms with Crippen LogP contribution in [0.5, 0.6) is 0 Å². The number of pyridine rings is 1. The second-order valence-corrected chi connectivity index (χ2v) is 6.94. The molecule has 10 heteroatoms. The van der Waals surface area contributed by atoms with Crippen molar-refractivity contribution >= 4 is 23.1 Å². The average Bonchev–Trinajstić information content (AvgIpc) is 2.83. The number of carbonyl (C=O) groups excluding carboxylic acids is 1. The standard InChI is InChI=1S/C23H24FN5O4/c1-2-33-23(21(30)26-14-16-11-10-15(13-18(16)24)20(25)28-32)29-12-6-9-19(22(29)31)27-17-7-4-3-5-8-17/h3-13,23,27,32H,2,14H2,1H3,(H2,25,28)(H,26,30)/t23-/m0/s1. The predicted molar refractivity (Wildman–Crippen MR) is 121 cm³/mol. The number of nitrogens with zero attached hydrogens (tertiary/aromatic N) is 1. The number of anilines is 2. The summed E-state index contributed by atoms with van der Waals surface area (Å²) < 4.78 is 21.0. The van der Waals surface area contributed by atoms with E-state index in [9.17, 15) is 14.0 Å². The zero-order valence-corrected chi connectivity index (χ0v) is 17.8. The van der Waals surface area contributed by atoms with Gasteiger partial charge in [-0.15, -0.1) is 0 Å². The van der Waals surface area contributed by atoms with Crippen LogP contribution < -0.4 is 21.7 Å². The maximum absolute atomic E-state index is 14.3. The van der Waals surface area contributed by atoms with Gasteiger partial charge in [0.05, 0.1) is 0 Å². The molecule has 9 nitrogen and oxygen atoms in total. The van der Waals surface area contributed by atoms with E-state index in [-0.39, 0.29) is 35.8 Å². The first-order valence-electron chi connectivity index (χ1n) is 10.1. The van der Waals surface area contributed by atoms with Crippen LogP contribution in [0.4, 0.5) is 15.8 Å². The van der Waals surface area contributed by atoms with Crippen molar-refractivity contribution < 1.29 is 19.1 Å². The van der Waals surface area contributed by atoms with E-state index in [1.165, 1.54) is 18.3 Å². The van der Waals surface area contributed by atoms with E-state index in [4.69, 9.17) is 15.4 Å². The number of amides is 1. The number of carbonyl (C=O) groups is 1. The molecule has 0 bridgehead atoms. The van der Waals surface area contributed by atoms with Gasteiger partial charge in [0.1, 0.15) is 17.3 Å². The first-order chi connectivity index (χ1) is 15.9. The van der Waals surface area contributed by atoms with Gasteiger partial charge in [0.2, 0.25) is 6.23 Å². The molecule has 33 heavy (non-hydrogen) atoms. The Balaban J connectivity index is 1.77. The fourth-order valence-corrected chi connectivity index (χ4v) is 3.09. The summed E-state index contributed by atoms with van der Waals surface area (Å²) in [6.45, 7) is 1.70. The van der Waals surface area contributed by atoms with Crippen molar-refractivity contribution in [1.82, 2.24) is 15.4 Å². The van der Waals surface area contributed by atoms with Crippen LogP contribution in [0.15, 0.2) is 71.7 Å². The molecule has 0 saturated heterocycles. The van der Waals surface area contributed by atoms with Crippen LogP contribution in [0, 0.1) is 11.2 Å². The van der Waals surface area contributed by atoms with Crippen molar-refractivity contribution in [2.45, 2.75) is 19.7 Å². The van der Waals surface area contributed by atoms with Gasteiger partial charge in [-0.05, 0) is 37.3 Å². The molecule has 0 unspecified atom stereocenters. The summed E-state index contributed by atoms with van der Waals surface area (Å²) in [5.41, 5.74) is 2.48. The molecule has 0 fully saturated rings. The zero-order chi connectivity index (χ0) is 23.8. The highest BCUT2D eigenvalue weighted by Gasteiger charge is 2.23. The molecule has 0 aliphatic carbocycles. The number of benzene rings is 2. The Labute approximate surface area is 189 Å². The number of rotatable bonds is 9. The van der Waals surface area contributed by atoms with Crippen molar-refractivity contribution in [2.75, 3.05) is 11.9 Å². The molecule has 1 aromatic heterocycles. The lowest BCUT2D eigenvalue weighted by Gasteiger charge is -2.20. The number of hydrogen-bond acceptors (Lipinski definition) is 6. The largest absolute Gasteiger partial charge is 0.351 e. The monoisotopic (exact) mass is 453 g/mol. The van der Waals surface area contributed by atoms with Gasteiger partial charge in [-0.1, -0.05) is 30.3 Å². The molecule has 3 rings (SSSR count). The molecule has 0 radical (unpaired) electrons. The molecule has 0 aliphatic heterocycles. The van der Waals surface area contributed by atoms with E-state index in [1.807, 2.05) is 18.2 Å². The molecule has 0 spiro atoms. The third-order valence-corrected chi connectivity index (χ3v) is 4.74. The van der Waals surface area contributed by atoms with Crippen LogP contribution in [-0.2, 0) is 16.1 Å². The van der Waals surface area contributed by atoms with Crippen LogP contribution in [0.2, 0.25) is 0 Å². The summed E-state index contributed by atoms with van der Waals surface area (Å²) in [4.78, 5) is 25.8. The molecule has 0 saturated carbocycles. The Morgan fingerprint density at radius 3 is 2.61 bits per heavy atom. The van der Waals surface area contributed by atoms with Gasteiger partial charge in [-0.25, -0.2) is 4.39 Å². The summed E-state index contributed by atoms with van der Waals surface area (Å²) in [5, 5.41) is 21.8. The van der Waals surface area contributed by atoms with Crippen LogP contribution in [0.1, 0.15) is 24.3 Å². The fourth-order valence-electron chi connectivity index (χ4n) is 3.09. The topological polar surface area (TPSA) is 128 Å². The first kappa shape index (κ1) is 23.6. The maximum atomic E-state index is 14.3. The van der Waals surface area contributed by atoms with E-state index < -0.39 is 23.5 Å². The van der Waals surface area contributed by atoms with Crippen LogP contribution in [0.25, 0.3) is 0 Å². The van der Waals surface area contributed by atoms with Crippen LogP contribution in [-0.4, -0.2) is 28.1 Å². The van der Waals surface area contributed by atoms with Gasteiger partial charge in [0.15, 0.2) is 0 Å². The Kier molecular flexibility index (Phi) is 7.90. The second kappa shape index (κ2) is 11.0. The van der Waals surface area contributed by atoms with Crippen molar-refractivity contribution in [3.63, 3.8) is 0 Å². The second-order valence-electron chi connectivity index (χ2n) is 6.94. The highest BCUT2D eigenvalue weighted by atomic mass is 19.1. The van der Waals surface area contributed by atoms with Crippen LogP contribution in [0.3, 0.4) is 0 Å². The molecule has 1 heterocycles. The Morgan fingerprint density at radius 2 is 1.94 bits per heavy atom. The van der Waals surface area contributed by atoms with E-state index in [0.717, 1.165) is 10.6 Å². The first-order valence-corrected chi connectivity index (χ1v) is 10.1. The number of halogens is 1. The summed E-state index contributed by atoms with van der Waals surface area (Å²) >= 11 is 0. The molecule has 3 aromatic rings. The third kappa shape index (κ3) is 5.82. The summed E-state index contributed by atoms with van der Waals surface area (Å²) in [5.74, 6) is -1.64. The lowest BCUT2D eigenvalue weighted by Crippen LogP contribution is -2.38. The Morgan fingerprint density at radius 1 is 1.18 bits per heavy atom. The molecule has 2 aromatic carbocycles. The Hall–Kier alpha value is -4.02. The summed E-state index contributed by atoms with van der Waals surface area (Å²) in [6.07, 6.45) is 0.190. The highest BCUT2D eigenvalue weighted by molar-refractivity contribution is 5.95. The van der Waals surface area contributed by atoms with Crippen LogP contribution >= 0.6 is 0 Å². The van der Waals surface area contributed by atoms with E-state index in [0.29, 0.717) is 5.69 Å². The molecule has 1 atom stereocenters. The lowest BCUT2D eigenvalue weighted by atomic mass is 10.1. The molecule has 0 aliphatic rings. The normalized spacial score (nSPS) is 11.5. The fraction of sp³-hybridized carbons (Fsp3) is 0.174. The Bertz CT molecular complexity index is 1180. The quantitative estimate of drug-likeness (QED) is 0.193. The van der Waals surface area contributed by atoms with Crippen molar-refractivity contribution in [3.8, 4) is 0 Å². The summed E-state index contributed by atoms with van der Waals surface area (Å²) in [7, 11) is 0. The van der Waals surface area contributed by atoms with Crippen molar-refractivity contribution in [3.05, 3.63) is 94.2 Å². The lowest BCUT2D eigenvalue weighted by molar-refractivity contribution is -0.139. The molecular formula is C23H24FN5O4. The molecule has 172 valence electrons.